The third-order valence-electron chi connectivity index (χ3n) is 4.04. The highest BCUT2D eigenvalue weighted by Crippen LogP contribution is 2.25. The predicted molar refractivity (Wildman–Crippen MR) is 94.8 cm³/mol. The van der Waals surface area contributed by atoms with Crippen LogP contribution in [0.15, 0.2) is 24.4 Å². The molecule has 0 aliphatic carbocycles. The average Bonchev–Trinajstić information content (AvgIpc) is 2.63. The minimum atomic E-state index is -4.60. The van der Waals surface area contributed by atoms with Gasteiger partial charge in [0.05, 0.1) is 6.04 Å². The van der Waals surface area contributed by atoms with E-state index in [-0.39, 0.29) is 5.91 Å². The van der Waals surface area contributed by atoms with Gasteiger partial charge >= 0.3 is 6.18 Å². The number of carbonyl (C=O) groups excluding carboxylic acids is 1. The molecule has 1 atom stereocenters. The Kier molecular flexibility index (Phi) is 6.42. The van der Waals surface area contributed by atoms with E-state index in [1.54, 1.807) is 33.0 Å². The number of aryl methyl sites for hydroxylation is 1. The van der Waals surface area contributed by atoms with Crippen LogP contribution in [-0.4, -0.2) is 47.7 Å². The molecule has 0 saturated carbocycles. The van der Waals surface area contributed by atoms with Crippen molar-refractivity contribution >= 4 is 11.7 Å². The molecule has 0 saturated heterocycles. The van der Waals surface area contributed by atoms with Crippen LogP contribution in [0.25, 0.3) is 0 Å². The number of alkyl halides is 3. The lowest BCUT2D eigenvalue weighted by molar-refractivity contribution is -0.154. The first kappa shape index (κ1) is 21.4. The second kappa shape index (κ2) is 8.41. The SMILES string of the molecule is CNc1cc(C(=O)N(C)C(C)c2cnc(OCC(F)(F)F)c(F)c2)cc(C)n1. The fourth-order valence-corrected chi connectivity index (χ4v) is 2.45. The lowest BCUT2D eigenvalue weighted by Gasteiger charge is -2.25. The summed E-state index contributed by atoms with van der Waals surface area (Å²) in [6.45, 7) is 1.76. The number of carbonyl (C=O) groups is 1. The van der Waals surface area contributed by atoms with E-state index in [2.05, 4.69) is 20.0 Å². The highest BCUT2D eigenvalue weighted by molar-refractivity contribution is 5.95. The van der Waals surface area contributed by atoms with Crippen molar-refractivity contribution in [3.05, 3.63) is 47.0 Å². The molecule has 2 aromatic heterocycles. The number of nitrogens with zero attached hydrogens (tertiary/aromatic N) is 3. The van der Waals surface area contributed by atoms with E-state index in [0.29, 0.717) is 22.6 Å². The Balaban J connectivity index is 2.18. The van der Waals surface area contributed by atoms with Gasteiger partial charge in [0.15, 0.2) is 12.4 Å². The number of aromatic nitrogens is 2. The van der Waals surface area contributed by atoms with Crippen LogP contribution < -0.4 is 10.1 Å². The third kappa shape index (κ3) is 5.30. The molecule has 1 amide bonds. The summed E-state index contributed by atoms with van der Waals surface area (Å²) >= 11 is 0. The topological polar surface area (TPSA) is 67.4 Å². The monoisotopic (exact) mass is 400 g/mol. The molecule has 28 heavy (non-hydrogen) atoms. The van der Waals surface area contributed by atoms with Crippen molar-refractivity contribution in [1.29, 1.82) is 0 Å². The highest BCUT2D eigenvalue weighted by atomic mass is 19.4. The first-order valence-electron chi connectivity index (χ1n) is 8.30. The van der Waals surface area contributed by atoms with Gasteiger partial charge < -0.3 is 15.0 Å². The van der Waals surface area contributed by atoms with E-state index in [4.69, 9.17) is 0 Å². The number of hydrogen-bond acceptors (Lipinski definition) is 5. The molecule has 2 aromatic rings. The van der Waals surface area contributed by atoms with E-state index < -0.39 is 30.5 Å². The fraction of sp³-hybridized carbons (Fsp3) is 0.389. The van der Waals surface area contributed by atoms with Gasteiger partial charge in [0.25, 0.3) is 11.8 Å². The molecular weight excluding hydrogens is 380 g/mol. The van der Waals surface area contributed by atoms with Crippen LogP contribution in [0.5, 0.6) is 5.88 Å². The summed E-state index contributed by atoms with van der Waals surface area (Å²) < 4.78 is 55.0. The highest BCUT2D eigenvalue weighted by Gasteiger charge is 2.29. The number of amides is 1. The van der Waals surface area contributed by atoms with Gasteiger partial charge in [-0.15, -0.1) is 0 Å². The quantitative estimate of drug-likeness (QED) is 0.749. The Bertz CT molecular complexity index is 858. The minimum absolute atomic E-state index is 0.312. The zero-order valence-electron chi connectivity index (χ0n) is 15.8. The first-order valence-corrected chi connectivity index (χ1v) is 8.30. The molecule has 0 radical (unpaired) electrons. The maximum atomic E-state index is 14.0. The van der Waals surface area contributed by atoms with Crippen molar-refractivity contribution in [2.24, 2.45) is 0 Å². The Morgan fingerprint density at radius 2 is 2.00 bits per heavy atom. The molecule has 2 rings (SSSR count). The number of anilines is 1. The Labute approximate surface area is 159 Å². The molecule has 0 aliphatic heterocycles. The summed E-state index contributed by atoms with van der Waals surface area (Å²) in [7, 11) is 3.22. The summed E-state index contributed by atoms with van der Waals surface area (Å²) in [4.78, 5) is 21.9. The summed E-state index contributed by atoms with van der Waals surface area (Å²) in [5.74, 6) is -1.58. The Morgan fingerprint density at radius 1 is 1.32 bits per heavy atom. The van der Waals surface area contributed by atoms with E-state index >= 15 is 0 Å². The fourth-order valence-electron chi connectivity index (χ4n) is 2.45. The third-order valence-corrected chi connectivity index (χ3v) is 4.04. The Hall–Kier alpha value is -2.91. The molecule has 152 valence electrons. The first-order chi connectivity index (χ1) is 13.0. The normalized spacial score (nSPS) is 12.4. The maximum Gasteiger partial charge on any atom is 0.422 e. The van der Waals surface area contributed by atoms with Gasteiger partial charge in [-0.3, -0.25) is 4.79 Å². The van der Waals surface area contributed by atoms with Gasteiger partial charge in [0.2, 0.25) is 0 Å². The van der Waals surface area contributed by atoms with Crippen LogP contribution in [0, 0.1) is 12.7 Å². The Morgan fingerprint density at radius 3 is 2.57 bits per heavy atom. The van der Waals surface area contributed by atoms with Crippen LogP contribution >= 0.6 is 0 Å². The number of ether oxygens (including phenoxy) is 1. The van der Waals surface area contributed by atoms with Crippen molar-refractivity contribution in [2.45, 2.75) is 26.1 Å². The van der Waals surface area contributed by atoms with Crippen molar-refractivity contribution in [3.63, 3.8) is 0 Å². The summed E-state index contributed by atoms with van der Waals surface area (Å²) in [6.07, 6.45) is -3.42. The van der Waals surface area contributed by atoms with Crippen molar-refractivity contribution < 1.29 is 27.1 Å². The van der Waals surface area contributed by atoms with Gasteiger partial charge in [0.1, 0.15) is 5.82 Å². The second-order valence-electron chi connectivity index (χ2n) is 6.18. The number of pyridine rings is 2. The van der Waals surface area contributed by atoms with E-state index in [1.165, 1.54) is 18.1 Å². The van der Waals surface area contributed by atoms with Crippen LogP contribution in [0.2, 0.25) is 0 Å². The minimum Gasteiger partial charge on any atom is -0.466 e. The summed E-state index contributed by atoms with van der Waals surface area (Å²) in [5, 5.41) is 2.86. The molecule has 2 heterocycles. The molecule has 1 unspecified atom stereocenters. The van der Waals surface area contributed by atoms with Crippen molar-refractivity contribution in [3.8, 4) is 5.88 Å². The smallest absolute Gasteiger partial charge is 0.422 e. The predicted octanol–water partition coefficient (Wildman–Crippen LogP) is 3.74. The zero-order valence-corrected chi connectivity index (χ0v) is 15.8. The molecule has 0 spiro atoms. The van der Waals surface area contributed by atoms with Gasteiger partial charge in [-0.05, 0) is 37.6 Å². The standard InChI is InChI=1S/C18H20F4N4O2/c1-10-5-12(7-15(23-3)25-10)17(27)26(4)11(2)13-6-14(19)16(24-8-13)28-9-18(20,21)22/h5-8,11H,9H2,1-4H3,(H,23,25). The summed E-state index contributed by atoms with van der Waals surface area (Å²) in [5.41, 5.74) is 1.35. The molecule has 0 aromatic carbocycles. The zero-order chi connectivity index (χ0) is 21.1. The molecule has 0 aliphatic rings. The van der Waals surface area contributed by atoms with Crippen LogP contribution in [0.3, 0.4) is 0 Å². The van der Waals surface area contributed by atoms with Crippen LogP contribution in [-0.2, 0) is 0 Å². The lowest BCUT2D eigenvalue weighted by atomic mass is 10.1. The average molecular weight is 400 g/mol. The molecule has 1 N–H and O–H groups in total. The second-order valence-corrected chi connectivity index (χ2v) is 6.18. The van der Waals surface area contributed by atoms with Crippen LogP contribution in [0.4, 0.5) is 23.4 Å². The van der Waals surface area contributed by atoms with E-state index in [1.807, 2.05) is 0 Å². The lowest BCUT2D eigenvalue weighted by Crippen LogP contribution is -2.30. The van der Waals surface area contributed by atoms with Crippen molar-refractivity contribution in [2.75, 3.05) is 26.0 Å². The van der Waals surface area contributed by atoms with Gasteiger partial charge in [-0.25, -0.2) is 14.4 Å². The maximum absolute atomic E-state index is 14.0. The number of halogens is 4. The number of nitrogens with one attached hydrogen (secondary N) is 1. The largest absolute Gasteiger partial charge is 0.466 e. The molecule has 10 heteroatoms. The molecule has 6 nitrogen and oxygen atoms in total. The number of hydrogen-bond donors (Lipinski definition) is 1. The molecule has 0 fully saturated rings. The van der Waals surface area contributed by atoms with Gasteiger partial charge in [-0.2, -0.15) is 13.2 Å². The van der Waals surface area contributed by atoms with Crippen LogP contribution in [0.1, 0.15) is 34.6 Å². The van der Waals surface area contributed by atoms with Gasteiger partial charge in [-0.1, -0.05) is 0 Å². The van der Waals surface area contributed by atoms with E-state index in [9.17, 15) is 22.4 Å². The summed E-state index contributed by atoms with van der Waals surface area (Å²) in [6, 6.07) is 3.63. The molecule has 0 bridgehead atoms. The number of rotatable bonds is 6. The van der Waals surface area contributed by atoms with E-state index in [0.717, 1.165) is 6.07 Å². The van der Waals surface area contributed by atoms with Gasteiger partial charge in [0, 0.05) is 31.5 Å². The van der Waals surface area contributed by atoms with Crippen molar-refractivity contribution in [1.82, 2.24) is 14.9 Å². The molecular formula is C18H20F4N4O2.